The molecule has 1 aliphatic carbocycles. The van der Waals surface area contributed by atoms with Crippen LogP contribution in [0.1, 0.15) is 42.0 Å². The van der Waals surface area contributed by atoms with Crippen LogP contribution in [0.15, 0.2) is 42.5 Å². The third-order valence-corrected chi connectivity index (χ3v) is 5.17. The van der Waals surface area contributed by atoms with Crippen molar-refractivity contribution < 1.29 is 13.2 Å². The lowest BCUT2D eigenvalue weighted by molar-refractivity contribution is -0.137. The van der Waals surface area contributed by atoms with Crippen LogP contribution < -0.4 is 5.32 Å². The highest BCUT2D eigenvalue weighted by molar-refractivity contribution is 6.31. The molecule has 2 aromatic rings. The van der Waals surface area contributed by atoms with Crippen molar-refractivity contribution in [2.45, 2.75) is 44.3 Å². The van der Waals surface area contributed by atoms with Crippen LogP contribution >= 0.6 is 11.6 Å². The van der Waals surface area contributed by atoms with Gasteiger partial charge in [0.15, 0.2) is 0 Å². The standard InChI is InChI=1S/C20H21ClF3N/c1-19(8-9-19)17-6-5-15(12-18(17)21)13-25-10-7-14-3-2-4-16(11-14)20(22,23)24/h2-6,11-12,25H,7-10,13H2,1H3. The zero-order valence-electron chi connectivity index (χ0n) is 14.1. The maximum atomic E-state index is 12.7. The number of halogens is 4. The van der Waals surface area contributed by atoms with Crippen molar-refractivity contribution in [3.63, 3.8) is 0 Å². The lowest BCUT2D eigenvalue weighted by Gasteiger charge is -2.13. The summed E-state index contributed by atoms with van der Waals surface area (Å²) in [6.07, 6.45) is -1.38. The SMILES string of the molecule is CC1(c2ccc(CNCCc3cccc(C(F)(F)F)c3)cc2Cl)CC1. The van der Waals surface area contributed by atoms with E-state index in [1.807, 2.05) is 6.07 Å². The molecule has 134 valence electrons. The van der Waals surface area contributed by atoms with Gasteiger partial charge >= 0.3 is 6.18 Å². The van der Waals surface area contributed by atoms with Gasteiger partial charge in [0.2, 0.25) is 0 Å². The molecule has 25 heavy (non-hydrogen) atoms. The third kappa shape index (κ3) is 4.56. The number of hydrogen-bond acceptors (Lipinski definition) is 1. The summed E-state index contributed by atoms with van der Waals surface area (Å²) in [7, 11) is 0. The second-order valence-electron chi connectivity index (χ2n) is 7.00. The molecule has 1 N–H and O–H groups in total. The minimum Gasteiger partial charge on any atom is -0.312 e. The maximum Gasteiger partial charge on any atom is 0.416 e. The number of hydrogen-bond donors (Lipinski definition) is 1. The van der Waals surface area contributed by atoms with Crippen LogP contribution in [0.25, 0.3) is 0 Å². The summed E-state index contributed by atoms with van der Waals surface area (Å²) in [5.41, 5.74) is 2.62. The summed E-state index contributed by atoms with van der Waals surface area (Å²) >= 11 is 6.39. The van der Waals surface area contributed by atoms with E-state index in [4.69, 9.17) is 11.6 Å². The van der Waals surface area contributed by atoms with E-state index < -0.39 is 11.7 Å². The Bertz CT molecular complexity index is 751. The molecule has 3 rings (SSSR count). The summed E-state index contributed by atoms with van der Waals surface area (Å²) in [5, 5.41) is 4.07. The molecule has 0 amide bonds. The van der Waals surface area contributed by atoms with E-state index in [0.717, 1.165) is 16.7 Å². The highest BCUT2D eigenvalue weighted by Gasteiger charge is 2.40. The molecule has 0 atom stereocenters. The lowest BCUT2D eigenvalue weighted by Crippen LogP contribution is -2.17. The van der Waals surface area contributed by atoms with Crippen molar-refractivity contribution >= 4 is 11.6 Å². The molecule has 0 heterocycles. The van der Waals surface area contributed by atoms with Gasteiger partial charge in [0.05, 0.1) is 5.56 Å². The summed E-state index contributed by atoms with van der Waals surface area (Å²) in [5.74, 6) is 0. The van der Waals surface area contributed by atoms with Gasteiger partial charge in [-0.1, -0.05) is 48.9 Å². The first kappa shape index (κ1) is 18.3. The van der Waals surface area contributed by atoms with E-state index in [-0.39, 0.29) is 5.41 Å². The van der Waals surface area contributed by atoms with Crippen LogP contribution in [0.3, 0.4) is 0 Å². The highest BCUT2D eigenvalue weighted by Crippen LogP contribution is 2.49. The summed E-state index contributed by atoms with van der Waals surface area (Å²) in [4.78, 5) is 0. The number of benzene rings is 2. The van der Waals surface area contributed by atoms with E-state index >= 15 is 0 Å². The van der Waals surface area contributed by atoms with E-state index in [1.165, 1.54) is 30.5 Å². The first-order valence-electron chi connectivity index (χ1n) is 8.44. The minimum atomic E-state index is -4.29. The molecule has 0 unspecified atom stereocenters. The van der Waals surface area contributed by atoms with Gasteiger partial charge in [-0.05, 0) is 60.0 Å². The quantitative estimate of drug-likeness (QED) is 0.642. The van der Waals surface area contributed by atoms with E-state index in [2.05, 4.69) is 24.4 Å². The van der Waals surface area contributed by atoms with E-state index in [9.17, 15) is 13.2 Å². The van der Waals surface area contributed by atoms with Crippen molar-refractivity contribution in [2.24, 2.45) is 0 Å². The maximum absolute atomic E-state index is 12.7. The van der Waals surface area contributed by atoms with Gasteiger partial charge in [-0.25, -0.2) is 0 Å². The monoisotopic (exact) mass is 367 g/mol. The Morgan fingerprint density at radius 2 is 1.84 bits per heavy atom. The largest absolute Gasteiger partial charge is 0.416 e. The Morgan fingerprint density at radius 1 is 1.08 bits per heavy atom. The summed E-state index contributed by atoms with van der Waals surface area (Å²) in [6.45, 7) is 3.48. The van der Waals surface area contributed by atoms with Crippen LogP contribution in [-0.2, 0) is 24.6 Å². The molecule has 2 aromatic carbocycles. The van der Waals surface area contributed by atoms with Crippen LogP contribution in [0.5, 0.6) is 0 Å². The molecule has 0 bridgehead atoms. The Balaban J connectivity index is 1.51. The van der Waals surface area contributed by atoms with Gasteiger partial charge in [0, 0.05) is 11.6 Å². The Kier molecular flexibility index (Phi) is 5.12. The minimum absolute atomic E-state index is 0.243. The van der Waals surface area contributed by atoms with Gasteiger partial charge < -0.3 is 5.32 Å². The van der Waals surface area contributed by atoms with E-state index in [1.54, 1.807) is 6.07 Å². The fraction of sp³-hybridized carbons (Fsp3) is 0.400. The Labute approximate surface area is 151 Å². The van der Waals surface area contributed by atoms with Crippen LogP contribution in [0.4, 0.5) is 13.2 Å². The predicted octanol–water partition coefficient (Wildman–Crippen LogP) is 5.74. The van der Waals surface area contributed by atoms with Gasteiger partial charge in [-0.3, -0.25) is 0 Å². The van der Waals surface area contributed by atoms with Crippen molar-refractivity contribution in [3.8, 4) is 0 Å². The fourth-order valence-electron chi connectivity index (χ4n) is 2.98. The highest BCUT2D eigenvalue weighted by atomic mass is 35.5. The molecule has 0 radical (unpaired) electrons. The molecule has 1 fully saturated rings. The van der Waals surface area contributed by atoms with Gasteiger partial charge in [-0.15, -0.1) is 0 Å². The molecule has 5 heteroatoms. The number of nitrogens with one attached hydrogen (secondary N) is 1. The Hall–Kier alpha value is -1.52. The smallest absolute Gasteiger partial charge is 0.312 e. The zero-order valence-corrected chi connectivity index (χ0v) is 14.8. The number of alkyl halides is 3. The normalized spacial score (nSPS) is 16.0. The van der Waals surface area contributed by atoms with Crippen molar-refractivity contribution in [3.05, 3.63) is 69.7 Å². The first-order chi connectivity index (χ1) is 11.8. The topological polar surface area (TPSA) is 12.0 Å². The van der Waals surface area contributed by atoms with Gasteiger partial charge in [0.1, 0.15) is 0 Å². The van der Waals surface area contributed by atoms with E-state index in [0.29, 0.717) is 25.1 Å². The zero-order chi connectivity index (χ0) is 18.1. The average molecular weight is 368 g/mol. The second kappa shape index (κ2) is 7.00. The molecule has 0 saturated heterocycles. The van der Waals surface area contributed by atoms with Crippen LogP contribution in [-0.4, -0.2) is 6.54 Å². The van der Waals surface area contributed by atoms with Crippen LogP contribution in [0.2, 0.25) is 5.02 Å². The summed E-state index contributed by atoms with van der Waals surface area (Å²) in [6, 6.07) is 11.6. The second-order valence-corrected chi connectivity index (χ2v) is 7.41. The molecule has 1 aliphatic rings. The van der Waals surface area contributed by atoms with Gasteiger partial charge in [0.25, 0.3) is 0 Å². The number of rotatable bonds is 6. The predicted molar refractivity (Wildman–Crippen MR) is 94.9 cm³/mol. The molecule has 1 nitrogen and oxygen atoms in total. The summed E-state index contributed by atoms with van der Waals surface area (Å²) < 4.78 is 38.1. The van der Waals surface area contributed by atoms with Crippen molar-refractivity contribution in [1.29, 1.82) is 0 Å². The molecular weight excluding hydrogens is 347 g/mol. The molecule has 1 saturated carbocycles. The van der Waals surface area contributed by atoms with Crippen LogP contribution in [0, 0.1) is 0 Å². The first-order valence-corrected chi connectivity index (χ1v) is 8.81. The molecular formula is C20H21ClF3N. The third-order valence-electron chi connectivity index (χ3n) is 4.86. The van der Waals surface area contributed by atoms with Crippen molar-refractivity contribution in [1.82, 2.24) is 5.32 Å². The van der Waals surface area contributed by atoms with Crippen molar-refractivity contribution in [2.75, 3.05) is 6.54 Å². The molecule has 0 spiro atoms. The molecule has 0 aliphatic heterocycles. The van der Waals surface area contributed by atoms with Gasteiger partial charge in [-0.2, -0.15) is 13.2 Å². The lowest BCUT2D eigenvalue weighted by atomic mass is 9.97. The Morgan fingerprint density at radius 3 is 2.48 bits per heavy atom. The molecule has 0 aromatic heterocycles. The average Bonchev–Trinajstić information content (AvgIpc) is 3.29. The fourth-order valence-corrected chi connectivity index (χ4v) is 3.41.